The first-order valence-electron chi connectivity index (χ1n) is 15.5. The lowest BCUT2D eigenvalue weighted by atomic mass is 10.0. The summed E-state index contributed by atoms with van der Waals surface area (Å²) in [6.07, 6.45) is 4.56. The fraction of sp³-hybridized carbons (Fsp3) is 0.389. The van der Waals surface area contributed by atoms with E-state index < -0.39 is 17.7 Å². The van der Waals surface area contributed by atoms with Gasteiger partial charge in [-0.2, -0.15) is 0 Å². The van der Waals surface area contributed by atoms with Gasteiger partial charge in [-0.25, -0.2) is 4.79 Å². The minimum atomic E-state index is -0.615. The van der Waals surface area contributed by atoms with Gasteiger partial charge in [0.25, 0.3) is 5.91 Å². The number of benzene rings is 3. The second kappa shape index (κ2) is 14.9. The first-order chi connectivity index (χ1) is 21.1. The average molecular weight is 600 g/mol. The maximum absolute atomic E-state index is 13.7. The van der Waals surface area contributed by atoms with Crippen molar-refractivity contribution in [3.63, 3.8) is 0 Å². The average Bonchev–Trinajstić information content (AvgIpc) is 3.41. The summed E-state index contributed by atoms with van der Waals surface area (Å²) in [6.45, 7) is 10.5. The number of H-pyrrole nitrogens is 1. The van der Waals surface area contributed by atoms with E-state index in [0.717, 1.165) is 52.5 Å². The predicted molar refractivity (Wildman–Crippen MR) is 176 cm³/mol. The smallest absolute Gasteiger partial charge is 0.414 e. The standard InChI is InChI=1S/C36H45N3O5/c1-6-8-18-39(35(42)44-36(3,4)5)29-13-11-12-25(21-29)26-16-17-33(43-19-7-2)31(22-26)34(41)38-28(24-40)20-27-23-37-32-15-10-9-14-30(27)32/h9-17,21-23,28,37,40H,6-8,18-20,24H2,1-5H3,(H,38,41)/t28-/m1/s1. The van der Waals surface area contributed by atoms with Crippen LogP contribution >= 0.6 is 0 Å². The normalized spacial score (nSPS) is 12.1. The van der Waals surface area contributed by atoms with Gasteiger partial charge in [-0.1, -0.05) is 56.7 Å². The van der Waals surface area contributed by atoms with Crippen LogP contribution in [-0.4, -0.2) is 53.5 Å². The second-order valence-electron chi connectivity index (χ2n) is 12.0. The molecule has 0 aliphatic carbocycles. The van der Waals surface area contributed by atoms with Gasteiger partial charge >= 0.3 is 6.09 Å². The molecule has 0 unspecified atom stereocenters. The number of hydrogen-bond acceptors (Lipinski definition) is 5. The number of fused-ring (bicyclic) bond motifs is 1. The molecule has 1 heterocycles. The third-order valence-electron chi connectivity index (χ3n) is 7.22. The molecule has 4 rings (SSSR count). The topological polar surface area (TPSA) is 104 Å². The summed E-state index contributed by atoms with van der Waals surface area (Å²) < 4.78 is 11.7. The van der Waals surface area contributed by atoms with Crippen LogP contribution in [0, 0.1) is 0 Å². The number of amides is 2. The number of rotatable bonds is 13. The van der Waals surface area contributed by atoms with Gasteiger partial charge < -0.3 is 24.9 Å². The number of ether oxygens (including phenoxy) is 2. The molecule has 3 N–H and O–H groups in total. The third-order valence-corrected chi connectivity index (χ3v) is 7.22. The van der Waals surface area contributed by atoms with E-state index in [1.54, 1.807) is 4.90 Å². The Labute approximate surface area is 260 Å². The van der Waals surface area contributed by atoms with E-state index in [4.69, 9.17) is 9.47 Å². The van der Waals surface area contributed by atoms with E-state index in [-0.39, 0.29) is 12.5 Å². The van der Waals surface area contributed by atoms with Crippen LogP contribution in [-0.2, 0) is 11.2 Å². The number of unbranched alkanes of at least 4 members (excludes halogenated alkanes) is 1. The molecule has 0 fully saturated rings. The van der Waals surface area contributed by atoms with Crippen molar-refractivity contribution in [3.8, 4) is 16.9 Å². The van der Waals surface area contributed by atoms with Crippen LogP contribution in [0.3, 0.4) is 0 Å². The monoisotopic (exact) mass is 599 g/mol. The number of carbonyl (C=O) groups excluding carboxylic acids is 2. The Morgan fingerprint density at radius 2 is 1.75 bits per heavy atom. The number of aromatic amines is 1. The Morgan fingerprint density at radius 1 is 0.977 bits per heavy atom. The Kier molecular flexibility index (Phi) is 11.1. The molecule has 1 atom stereocenters. The van der Waals surface area contributed by atoms with Gasteiger partial charge in [0, 0.05) is 29.3 Å². The molecule has 8 heteroatoms. The quantitative estimate of drug-likeness (QED) is 0.148. The molecular formula is C36H45N3O5. The number of nitrogens with one attached hydrogen (secondary N) is 2. The van der Waals surface area contributed by atoms with Crippen LogP contribution in [0.4, 0.5) is 10.5 Å². The zero-order valence-corrected chi connectivity index (χ0v) is 26.5. The van der Waals surface area contributed by atoms with E-state index in [1.165, 1.54) is 0 Å². The maximum Gasteiger partial charge on any atom is 0.414 e. The molecule has 44 heavy (non-hydrogen) atoms. The molecule has 4 aromatic rings. The van der Waals surface area contributed by atoms with Crippen LogP contribution in [0.2, 0.25) is 0 Å². The van der Waals surface area contributed by atoms with Gasteiger partial charge in [0.2, 0.25) is 0 Å². The van der Waals surface area contributed by atoms with Crippen LogP contribution in [0.5, 0.6) is 5.75 Å². The van der Waals surface area contributed by atoms with Crippen molar-refractivity contribution in [2.45, 2.75) is 71.9 Å². The van der Waals surface area contributed by atoms with E-state index in [0.29, 0.717) is 30.9 Å². The van der Waals surface area contributed by atoms with Gasteiger partial charge in [0.05, 0.1) is 24.8 Å². The number of aliphatic hydroxyl groups excluding tert-OH is 1. The molecule has 0 aliphatic heterocycles. The molecule has 3 aromatic carbocycles. The highest BCUT2D eigenvalue weighted by atomic mass is 16.6. The van der Waals surface area contributed by atoms with Gasteiger partial charge in [-0.3, -0.25) is 9.69 Å². The zero-order valence-electron chi connectivity index (χ0n) is 26.5. The minimum Gasteiger partial charge on any atom is -0.493 e. The van der Waals surface area contributed by atoms with Gasteiger partial charge in [-0.15, -0.1) is 0 Å². The lowest BCUT2D eigenvalue weighted by molar-refractivity contribution is 0.0579. The van der Waals surface area contributed by atoms with Crippen molar-refractivity contribution < 1.29 is 24.2 Å². The highest BCUT2D eigenvalue weighted by Gasteiger charge is 2.24. The number of nitrogens with zero attached hydrogens (tertiary/aromatic N) is 1. The van der Waals surface area contributed by atoms with Gasteiger partial charge in [-0.05, 0) is 87.1 Å². The van der Waals surface area contributed by atoms with Crippen molar-refractivity contribution in [1.29, 1.82) is 0 Å². The maximum atomic E-state index is 13.7. The zero-order chi connectivity index (χ0) is 31.7. The highest BCUT2D eigenvalue weighted by Crippen LogP contribution is 2.31. The summed E-state index contributed by atoms with van der Waals surface area (Å²) >= 11 is 0. The molecule has 0 spiro atoms. The molecule has 2 amide bonds. The molecule has 0 saturated carbocycles. The van der Waals surface area contributed by atoms with Crippen molar-refractivity contribution in [2.75, 3.05) is 24.7 Å². The molecular weight excluding hydrogens is 554 g/mol. The molecule has 0 aliphatic rings. The first-order valence-corrected chi connectivity index (χ1v) is 15.5. The molecule has 0 saturated heterocycles. The van der Waals surface area contributed by atoms with E-state index in [1.807, 2.05) is 101 Å². The Hall–Kier alpha value is -4.30. The Balaban J connectivity index is 1.62. The minimum absolute atomic E-state index is 0.212. The van der Waals surface area contributed by atoms with Gasteiger partial charge in [0.15, 0.2) is 0 Å². The van der Waals surface area contributed by atoms with Crippen molar-refractivity contribution >= 4 is 28.6 Å². The van der Waals surface area contributed by atoms with E-state index in [2.05, 4.69) is 17.2 Å². The van der Waals surface area contributed by atoms with Crippen LogP contribution in [0.1, 0.15) is 69.8 Å². The Morgan fingerprint density at radius 3 is 2.48 bits per heavy atom. The summed E-state index contributed by atoms with van der Waals surface area (Å²) in [5.41, 5.74) is 4.17. The fourth-order valence-electron chi connectivity index (χ4n) is 5.03. The number of aromatic nitrogens is 1. The predicted octanol–water partition coefficient (Wildman–Crippen LogP) is 7.50. The number of aliphatic hydroxyl groups is 1. The summed E-state index contributed by atoms with van der Waals surface area (Å²) in [4.78, 5) is 31.8. The molecule has 0 bridgehead atoms. The van der Waals surface area contributed by atoms with Crippen molar-refractivity contribution in [2.24, 2.45) is 0 Å². The van der Waals surface area contributed by atoms with E-state index in [9.17, 15) is 14.7 Å². The van der Waals surface area contributed by atoms with Crippen LogP contribution in [0.25, 0.3) is 22.0 Å². The SMILES string of the molecule is CCCCN(C(=O)OC(C)(C)C)c1cccc(-c2ccc(OCCC)c(C(=O)N[C@@H](CO)Cc3c[nH]c4ccccc34)c2)c1. The van der Waals surface area contributed by atoms with Crippen molar-refractivity contribution in [1.82, 2.24) is 10.3 Å². The summed E-state index contributed by atoms with van der Waals surface area (Å²) in [5, 5.41) is 14.3. The first kappa shape index (κ1) is 32.6. The lowest BCUT2D eigenvalue weighted by Crippen LogP contribution is -2.39. The number of para-hydroxylation sites is 1. The summed E-state index contributed by atoms with van der Waals surface area (Å²) in [7, 11) is 0. The number of anilines is 1. The molecule has 234 valence electrons. The second-order valence-corrected chi connectivity index (χ2v) is 12.0. The van der Waals surface area contributed by atoms with Gasteiger partial charge in [0.1, 0.15) is 11.4 Å². The Bertz CT molecular complexity index is 1550. The number of carbonyl (C=O) groups is 2. The van der Waals surface area contributed by atoms with E-state index >= 15 is 0 Å². The summed E-state index contributed by atoms with van der Waals surface area (Å²) in [6, 6.07) is 20.7. The lowest BCUT2D eigenvalue weighted by Gasteiger charge is -2.27. The molecule has 0 radical (unpaired) electrons. The highest BCUT2D eigenvalue weighted by molar-refractivity contribution is 5.99. The molecule has 1 aromatic heterocycles. The third kappa shape index (κ3) is 8.41. The largest absolute Gasteiger partial charge is 0.493 e. The van der Waals surface area contributed by atoms with Crippen molar-refractivity contribution in [3.05, 3.63) is 84.1 Å². The summed E-state index contributed by atoms with van der Waals surface area (Å²) in [5.74, 6) is 0.151. The molecule has 8 nitrogen and oxygen atoms in total. The van der Waals surface area contributed by atoms with Crippen LogP contribution < -0.4 is 15.0 Å². The number of hydrogen-bond donors (Lipinski definition) is 3. The van der Waals surface area contributed by atoms with Crippen LogP contribution in [0.15, 0.2) is 72.9 Å². The fourth-order valence-corrected chi connectivity index (χ4v) is 5.03.